The predicted molar refractivity (Wildman–Crippen MR) is 177 cm³/mol. The molecular weight excluding hydrogens is 537 g/mol. The maximum absolute atomic E-state index is 5.21. The Bertz CT molecular complexity index is 2230. The van der Waals surface area contributed by atoms with Crippen molar-refractivity contribution in [1.29, 1.82) is 0 Å². The van der Waals surface area contributed by atoms with Gasteiger partial charge >= 0.3 is 0 Å². The first-order valence-electron chi connectivity index (χ1n) is 14.2. The van der Waals surface area contributed by atoms with E-state index < -0.39 is 0 Å². The summed E-state index contributed by atoms with van der Waals surface area (Å²) in [5, 5.41) is 7.18. The predicted octanol–water partition coefficient (Wildman–Crippen LogP) is 10.9. The van der Waals surface area contributed by atoms with Gasteiger partial charge in [-0.05, 0) is 93.1 Å². The number of hydrogen-bond donors (Lipinski definition) is 0. The lowest BCUT2D eigenvalue weighted by molar-refractivity contribution is 0.652. The Morgan fingerprint density at radius 2 is 1.22 bits per heavy atom. The Hall–Kier alpha value is -4.12. The first-order valence-corrected chi connectivity index (χ1v) is 15.9. The van der Waals surface area contributed by atoms with Gasteiger partial charge in [-0.3, -0.25) is 0 Å². The van der Waals surface area contributed by atoms with Gasteiger partial charge in [0.05, 0.1) is 20.4 Å². The van der Waals surface area contributed by atoms with Crippen molar-refractivity contribution in [3.8, 4) is 21.1 Å². The lowest BCUT2D eigenvalue weighted by Crippen LogP contribution is -2.16. The molecule has 2 aromatic heterocycles. The number of para-hydroxylation sites is 2. The van der Waals surface area contributed by atoms with Crippen molar-refractivity contribution in [2.75, 3.05) is 0 Å². The summed E-state index contributed by atoms with van der Waals surface area (Å²) >= 11 is 3.59. The van der Waals surface area contributed by atoms with E-state index in [1.165, 1.54) is 64.3 Å². The minimum absolute atomic E-state index is 0.0394. The van der Waals surface area contributed by atoms with Gasteiger partial charge in [0, 0.05) is 16.5 Å². The summed E-state index contributed by atoms with van der Waals surface area (Å²) in [5.41, 5.74) is 10.4. The van der Waals surface area contributed by atoms with E-state index in [-0.39, 0.29) is 5.41 Å². The summed E-state index contributed by atoms with van der Waals surface area (Å²) < 4.78 is 2.44. The summed E-state index contributed by atoms with van der Waals surface area (Å²) in [4.78, 5) is 10.4. The maximum atomic E-state index is 5.21. The van der Waals surface area contributed by atoms with E-state index >= 15 is 0 Å². The normalized spacial score (nSPS) is 15.9. The Balaban J connectivity index is 1.47. The molecule has 0 amide bonds. The second-order valence-electron chi connectivity index (χ2n) is 11.7. The van der Waals surface area contributed by atoms with Gasteiger partial charge < -0.3 is 0 Å². The zero-order valence-corrected chi connectivity index (χ0v) is 24.5. The van der Waals surface area contributed by atoms with Crippen molar-refractivity contribution in [2.24, 2.45) is 0 Å². The van der Waals surface area contributed by atoms with Gasteiger partial charge in [0.1, 0.15) is 10.0 Å². The monoisotopic (exact) mass is 562 g/mol. The summed E-state index contributed by atoms with van der Waals surface area (Å²) in [6.07, 6.45) is 6.93. The minimum atomic E-state index is -0.0394. The Kier molecular flexibility index (Phi) is 4.86. The van der Waals surface area contributed by atoms with Gasteiger partial charge in [-0.15, -0.1) is 22.7 Å². The van der Waals surface area contributed by atoms with Crippen LogP contribution < -0.4 is 0 Å². The van der Waals surface area contributed by atoms with Gasteiger partial charge in [0.15, 0.2) is 0 Å². The summed E-state index contributed by atoms with van der Waals surface area (Å²) in [6.45, 7) is 4.78. The summed E-state index contributed by atoms with van der Waals surface area (Å²) in [5.74, 6) is 0. The molecule has 7 aromatic rings. The first kappa shape index (κ1) is 23.6. The molecule has 2 heterocycles. The highest BCUT2D eigenvalue weighted by atomic mass is 32.1. The molecule has 4 heteroatoms. The minimum Gasteiger partial charge on any atom is -0.236 e. The maximum Gasteiger partial charge on any atom is 0.125 e. The van der Waals surface area contributed by atoms with Crippen LogP contribution >= 0.6 is 22.7 Å². The lowest BCUT2D eigenvalue weighted by atomic mass is 9.79. The summed E-state index contributed by atoms with van der Waals surface area (Å²) in [6, 6.07) is 30.9. The van der Waals surface area contributed by atoms with E-state index in [9.17, 15) is 0 Å². The van der Waals surface area contributed by atoms with Gasteiger partial charge in [0.2, 0.25) is 0 Å². The SMILES string of the molecule is CC1(C)C2=C(CCC=C2)c2cc3c(-c4nc5ccccc5s4)c4ccccc4c(-c4nc5ccccc5s4)c3cc21. The molecule has 0 bridgehead atoms. The smallest absolute Gasteiger partial charge is 0.125 e. The fraction of sp³-hybridized carbons (Fsp3) is 0.135. The van der Waals surface area contributed by atoms with Gasteiger partial charge in [-0.1, -0.05) is 74.5 Å². The van der Waals surface area contributed by atoms with Crippen LogP contribution in [0.3, 0.4) is 0 Å². The fourth-order valence-electron chi connectivity index (χ4n) is 7.08. The number of aromatic nitrogens is 2. The van der Waals surface area contributed by atoms with Crippen LogP contribution in [0.2, 0.25) is 0 Å². The lowest BCUT2D eigenvalue weighted by Gasteiger charge is -2.25. The molecule has 9 rings (SSSR count). The average Bonchev–Trinajstić information content (AvgIpc) is 3.68. The molecule has 0 N–H and O–H groups in total. The van der Waals surface area contributed by atoms with Crippen molar-refractivity contribution >= 4 is 70.2 Å². The van der Waals surface area contributed by atoms with Crippen LogP contribution in [0.15, 0.2) is 103 Å². The highest BCUT2D eigenvalue weighted by Crippen LogP contribution is 2.54. The largest absolute Gasteiger partial charge is 0.236 e. The molecular formula is C37H26N2S2. The average molecular weight is 563 g/mol. The number of fused-ring (bicyclic) bond motifs is 6. The van der Waals surface area contributed by atoms with Crippen molar-refractivity contribution in [2.45, 2.75) is 32.1 Å². The van der Waals surface area contributed by atoms with Gasteiger partial charge in [-0.2, -0.15) is 0 Å². The molecule has 0 spiro atoms. The molecule has 196 valence electrons. The third kappa shape index (κ3) is 3.29. The highest BCUT2D eigenvalue weighted by molar-refractivity contribution is 7.22. The zero-order chi connectivity index (χ0) is 27.3. The van der Waals surface area contributed by atoms with E-state index in [2.05, 4.69) is 111 Å². The van der Waals surface area contributed by atoms with Crippen LogP contribution in [0.5, 0.6) is 0 Å². The fourth-order valence-corrected chi connectivity index (χ4v) is 9.16. The number of thiazole rings is 2. The first-order chi connectivity index (χ1) is 20.1. The molecule has 0 fully saturated rings. The number of allylic oxidation sites excluding steroid dienone is 4. The van der Waals surface area contributed by atoms with Crippen LogP contribution in [-0.4, -0.2) is 9.97 Å². The Labute approximate surface area is 246 Å². The number of rotatable bonds is 2. The van der Waals surface area contributed by atoms with Gasteiger partial charge in [0.25, 0.3) is 0 Å². The third-order valence-electron chi connectivity index (χ3n) is 9.02. The van der Waals surface area contributed by atoms with Gasteiger partial charge in [-0.25, -0.2) is 9.97 Å². The zero-order valence-electron chi connectivity index (χ0n) is 22.9. The molecule has 0 aliphatic heterocycles. The van der Waals surface area contributed by atoms with E-state index in [1.807, 2.05) is 0 Å². The van der Waals surface area contributed by atoms with Crippen molar-refractivity contribution in [3.63, 3.8) is 0 Å². The molecule has 41 heavy (non-hydrogen) atoms. The van der Waals surface area contributed by atoms with Crippen molar-refractivity contribution in [3.05, 3.63) is 114 Å². The molecule has 2 aliphatic rings. The molecule has 0 saturated heterocycles. The standard InChI is InChI=1S/C37H26N2S2/c1-37(2)27-14-6-5-11-21(27)24-19-25-26(20-28(24)37)34(36-39-30-16-8-10-18-32(30)41-36)23-13-4-3-12-22(23)33(25)35-38-29-15-7-9-17-31(29)40-35/h3-4,6-10,12-20H,5,11H2,1-2H3. The number of nitrogens with zero attached hydrogens (tertiary/aromatic N) is 2. The molecule has 0 unspecified atom stereocenters. The van der Waals surface area contributed by atoms with E-state index in [0.29, 0.717) is 0 Å². The van der Waals surface area contributed by atoms with E-state index in [1.54, 1.807) is 22.7 Å². The molecule has 0 saturated carbocycles. The molecule has 0 atom stereocenters. The number of hydrogen-bond acceptors (Lipinski definition) is 4. The molecule has 2 nitrogen and oxygen atoms in total. The number of benzene rings is 5. The van der Waals surface area contributed by atoms with Crippen LogP contribution in [0.1, 0.15) is 37.8 Å². The molecule has 0 radical (unpaired) electrons. The molecule has 5 aromatic carbocycles. The van der Waals surface area contributed by atoms with Crippen LogP contribution in [0, 0.1) is 0 Å². The van der Waals surface area contributed by atoms with Crippen LogP contribution in [-0.2, 0) is 5.41 Å². The second kappa shape index (κ2) is 8.45. The second-order valence-corrected chi connectivity index (χ2v) is 13.7. The van der Waals surface area contributed by atoms with Crippen LogP contribution in [0.25, 0.3) is 68.7 Å². The van der Waals surface area contributed by atoms with E-state index in [0.717, 1.165) is 33.9 Å². The topological polar surface area (TPSA) is 25.8 Å². The Morgan fingerprint density at radius 3 is 1.83 bits per heavy atom. The van der Waals surface area contributed by atoms with Crippen molar-refractivity contribution in [1.82, 2.24) is 9.97 Å². The third-order valence-corrected chi connectivity index (χ3v) is 11.1. The quantitative estimate of drug-likeness (QED) is 0.196. The van der Waals surface area contributed by atoms with Crippen molar-refractivity contribution < 1.29 is 0 Å². The van der Waals surface area contributed by atoms with Crippen LogP contribution in [0.4, 0.5) is 0 Å². The highest BCUT2D eigenvalue weighted by Gasteiger charge is 2.38. The summed E-state index contributed by atoms with van der Waals surface area (Å²) in [7, 11) is 0. The van der Waals surface area contributed by atoms with E-state index in [4.69, 9.17) is 9.97 Å². The Morgan fingerprint density at radius 1 is 0.659 bits per heavy atom. The molecule has 2 aliphatic carbocycles.